The van der Waals surface area contributed by atoms with Crippen molar-refractivity contribution in [3.63, 3.8) is 0 Å². The first-order valence-corrected chi connectivity index (χ1v) is 11.0. The van der Waals surface area contributed by atoms with Crippen LogP contribution in [-0.4, -0.2) is 68.0 Å². The predicted molar refractivity (Wildman–Crippen MR) is 122 cm³/mol. The molecule has 1 amide bonds. The number of benzene rings is 1. The van der Waals surface area contributed by atoms with E-state index in [2.05, 4.69) is 35.4 Å². The van der Waals surface area contributed by atoms with Crippen LogP contribution < -0.4 is 10.6 Å². The van der Waals surface area contributed by atoms with Gasteiger partial charge in [-0.1, -0.05) is 18.2 Å². The number of nitrogens with one attached hydrogen (secondary N) is 2. The van der Waals surface area contributed by atoms with E-state index >= 15 is 0 Å². The number of amides is 1. The number of aryl methyl sites for hydroxylation is 1. The Morgan fingerprint density at radius 1 is 1.30 bits per heavy atom. The molecule has 0 radical (unpaired) electrons. The first kappa shape index (κ1) is 22.2. The number of furan rings is 1. The van der Waals surface area contributed by atoms with Crippen LogP contribution in [-0.2, 0) is 11.3 Å². The fraction of sp³-hybridized carbons (Fsp3) is 0.565. The van der Waals surface area contributed by atoms with Crippen LogP contribution in [0.5, 0.6) is 0 Å². The van der Waals surface area contributed by atoms with Gasteiger partial charge in [-0.05, 0) is 45.7 Å². The van der Waals surface area contributed by atoms with Crippen molar-refractivity contribution >= 4 is 22.8 Å². The van der Waals surface area contributed by atoms with E-state index in [1.165, 1.54) is 0 Å². The normalized spacial score (nSPS) is 17.5. The average Bonchev–Trinajstić information content (AvgIpc) is 3.33. The maximum atomic E-state index is 12.3. The molecule has 164 valence electrons. The average molecular weight is 414 g/mol. The molecule has 1 aromatic heterocycles. The van der Waals surface area contributed by atoms with Crippen LogP contribution in [0.15, 0.2) is 33.7 Å². The van der Waals surface area contributed by atoms with Crippen molar-refractivity contribution in [2.75, 3.05) is 40.3 Å². The first-order valence-electron chi connectivity index (χ1n) is 11.0. The topological polar surface area (TPSA) is 73.1 Å². The van der Waals surface area contributed by atoms with Gasteiger partial charge in [0.1, 0.15) is 17.9 Å². The molecule has 1 unspecified atom stereocenters. The monoisotopic (exact) mass is 413 g/mol. The SMILES string of the molecule is CCNC(=NCc1oc2ccccc2c1C)NCCCN1CCCC1C(=O)N(C)C. The Kier molecular flexibility index (Phi) is 7.74. The van der Waals surface area contributed by atoms with Crippen molar-refractivity contribution in [2.24, 2.45) is 4.99 Å². The molecule has 1 aromatic carbocycles. The summed E-state index contributed by atoms with van der Waals surface area (Å²) in [6.07, 6.45) is 3.02. The number of fused-ring (bicyclic) bond motifs is 1. The first-order chi connectivity index (χ1) is 14.5. The minimum absolute atomic E-state index is 0.0398. The summed E-state index contributed by atoms with van der Waals surface area (Å²) in [6.45, 7) is 8.18. The number of hydrogen-bond donors (Lipinski definition) is 2. The Hall–Kier alpha value is -2.54. The predicted octanol–water partition coefficient (Wildman–Crippen LogP) is 2.74. The van der Waals surface area contributed by atoms with Crippen LogP contribution in [0.25, 0.3) is 11.0 Å². The number of carbonyl (C=O) groups excluding carboxylic acids is 1. The van der Waals surface area contributed by atoms with Gasteiger partial charge in [0.2, 0.25) is 5.91 Å². The zero-order valence-electron chi connectivity index (χ0n) is 18.7. The van der Waals surface area contributed by atoms with E-state index in [-0.39, 0.29) is 11.9 Å². The fourth-order valence-electron chi connectivity index (χ4n) is 4.03. The van der Waals surface area contributed by atoms with E-state index in [0.717, 1.165) is 73.7 Å². The molecule has 7 heteroatoms. The molecule has 30 heavy (non-hydrogen) atoms. The molecule has 1 saturated heterocycles. The Morgan fingerprint density at radius 2 is 2.10 bits per heavy atom. The van der Waals surface area contributed by atoms with Crippen LogP contribution in [0.4, 0.5) is 0 Å². The van der Waals surface area contributed by atoms with E-state index in [9.17, 15) is 4.79 Å². The molecule has 2 N–H and O–H groups in total. The molecule has 1 fully saturated rings. The number of nitrogens with zero attached hydrogens (tertiary/aromatic N) is 3. The minimum atomic E-state index is 0.0398. The standard InChI is InChI=1S/C23H35N5O2/c1-5-24-23(26-16-21-17(2)18-10-6-7-12-20(18)30-21)25-13-9-15-28-14-8-11-19(28)22(29)27(3)4/h6-7,10,12,19H,5,8-9,11,13-16H2,1-4H3,(H2,24,25,26). The molecule has 0 saturated carbocycles. The second-order valence-electron chi connectivity index (χ2n) is 8.05. The van der Waals surface area contributed by atoms with E-state index in [4.69, 9.17) is 9.41 Å². The molecule has 3 rings (SSSR count). The molecule has 1 atom stereocenters. The van der Waals surface area contributed by atoms with E-state index < -0.39 is 0 Å². The maximum Gasteiger partial charge on any atom is 0.239 e. The van der Waals surface area contributed by atoms with E-state index in [1.807, 2.05) is 32.3 Å². The van der Waals surface area contributed by atoms with Crippen molar-refractivity contribution in [1.82, 2.24) is 20.4 Å². The lowest BCUT2D eigenvalue weighted by Gasteiger charge is -2.26. The van der Waals surface area contributed by atoms with Crippen molar-refractivity contribution in [2.45, 2.75) is 45.7 Å². The largest absolute Gasteiger partial charge is 0.459 e. The Labute approximate surface area is 179 Å². The van der Waals surface area contributed by atoms with E-state index in [0.29, 0.717) is 6.54 Å². The Balaban J connectivity index is 1.51. The van der Waals surface area contributed by atoms with Crippen molar-refractivity contribution in [1.29, 1.82) is 0 Å². The fourth-order valence-corrected chi connectivity index (χ4v) is 4.03. The second kappa shape index (κ2) is 10.5. The van der Waals surface area contributed by atoms with Crippen LogP contribution in [0.1, 0.15) is 37.5 Å². The minimum Gasteiger partial charge on any atom is -0.459 e. The third-order valence-corrected chi connectivity index (χ3v) is 5.67. The third-order valence-electron chi connectivity index (χ3n) is 5.67. The van der Waals surface area contributed by atoms with Crippen LogP contribution in [0.2, 0.25) is 0 Å². The van der Waals surface area contributed by atoms with Gasteiger partial charge in [0.05, 0.1) is 6.04 Å². The van der Waals surface area contributed by atoms with Gasteiger partial charge in [0, 0.05) is 44.7 Å². The van der Waals surface area contributed by atoms with Crippen LogP contribution in [0, 0.1) is 6.92 Å². The summed E-state index contributed by atoms with van der Waals surface area (Å²) >= 11 is 0. The van der Waals surface area contributed by atoms with Gasteiger partial charge >= 0.3 is 0 Å². The highest BCUT2D eigenvalue weighted by Crippen LogP contribution is 2.25. The molecule has 2 aromatic rings. The quantitative estimate of drug-likeness (QED) is 0.396. The third kappa shape index (κ3) is 5.33. The number of carbonyl (C=O) groups is 1. The summed E-state index contributed by atoms with van der Waals surface area (Å²) in [5.41, 5.74) is 2.06. The lowest BCUT2D eigenvalue weighted by atomic mass is 10.1. The number of hydrogen-bond acceptors (Lipinski definition) is 4. The highest BCUT2D eigenvalue weighted by Gasteiger charge is 2.30. The maximum absolute atomic E-state index is 12.3. The molecule has 1 aliphatic rings. The zero-order chi connectivity index (χ0) is 21.5. The smallest absolute Gasteiger partial charge is 0.239 e. The van der Waals surface area contributed by atoms with Gasteiger partial charge in [-0.15, -0.1) is 0 Å². The summed E-state index contributed by atoms with van der Waals surface area (Å²) < 4.78 is 5.97. The van der Waals surface area contributed by atoms with Gasteiger partial charge in [-0.3, -0.25) is 9.69 Å². The van der Waals surface area contributed by atoms with Crippen LogP contribution >= 0.6 is 0 Å². The number of rotatable bonds is 8. The summed E-state index contributed by atoms with van der Waals surface area (Å²) in [5.74, 6) is 1.91. The molecular formula is C23H35N5O2. The van der Waals surface area contributed by atoms with Crippen molar-refractivity contribution in [3.8, 4) is 0 Å². The second-order valence-corrected chi connectivity index (χ2v) is 8.05. The summed E-state index contributed by atoms with van der Waals surface area (Å²) in [5, 5.41) is 7.86. The molecule has 0 bridgehead atoms. The Morgan fingerprint density at radius 3 is 2.83 bits per heavy atom. The van der Waals surface area contributed by atoms with Crippen LogP contribution in [0.3, 0.4) is 0 Å². The summed E-state index contributed by atoms with van der Waals surface area (Å²) in [7, 11) is 3.67. The number of likely N-dealkylation sites (N-methyl/N-ethyl adjacent to an activating group) is 1. The van der Waals surface area contributed by atoms with Gasteiger partial charge < -0.3 is 20.0 Å². The lowest BCUT2D eigenvalue weighted by Crippen LogP contribution is -2.44. The van der Waals surface area contributed by atoms with Gasteiger partial charge in [0.25, 0.3) is 0 Å². The van der Waals surface area contributed by atoms with Gasteiger partial charge in [-0.25, -0.2) is 4.99 Å². The highest BCUT2D eigenvalue weighted by atomic mass is 16.3. The van der Waals surface area contributed by atoms with Gasteiger partial charge in [-0.2, -0.15) is 0 Å². The number of aliphatic imine (C=N–C) groups is 1. The molecule has 7 nitrogen and oxygen atoms in total. The van der Waals surface area contributed by atoms with Crippen molar-refractivity contribution in [3.05, 3.63) is 35.6 Å². The van der Waals surface area contributed by atoms with Gasteiger partial charge in [0.15, 0.2) is 5.96 Å². The number of para-hydroxylation sites is 1. The summed E-state index contributed by atoms with van der Waals surface area (Å²) in [6, 6.07) is 8.13. The molecular weight excluding hydrogens is 378 g/mol. The zero-order valence-corrected chi connectivity index (χ0v) is 18.7. The molecule has 0 aliphatic carbocycles. The number of guanidine groups is 1. The van der Waals surface area contributed by atoms with E-state index in [1.54, 1.807) is 4.90 Å². The molecule has 2 heterocycles. The van der Waals surface area contributed by atoms with Crippen molar-refractivity contribution < 1.29 is 9.21 Å². The Bertz CT molecular complexity index is 874. The summed E-state index contributed by atoms with van der Waals surface area (Å²) in [4.78, 5) is 21.0. The highest BCUT2D eigenvalue weighted by molar-refractivity contribution is 5.83. The molecule has 0 spiro atoms. The molecule has 1 aliphatic heterocycles. The number of likely N-dealkylation sites (tertiary alicyclic amines) is 1. The lowest BCUT2D eigenvalue weighted by molar-refractivity contribution is -0.133.